The van der Waals surface area contributed by atoms with Crippen LogP contribution < -0.4 is 5.32 Å². The van der Waals surface area contributed by atoms with Crippen molar-refractivity contribution in [1.82, 2.24) is 0 Å². The van der Waals surface area contributed by atoms with Crippen molar-refractivity contribution >= 4 is 28.4 Å². The zero-order chi connectivity index (χ0) is 16.0. The second kappa shape index (κ2) is 7.36. The lowest BCUT2D eigenvalue weighted by Gasteiger charge is -2.18. The van der Waals surface area contributed by atoms with Crippen LogP contribution in [0.15, 0.2) is 24.3 Å². The van der Waals surface area contributed by atoms with Gasteiger partial charge in [-0.3, -0.25) is 13.8 Å². The predicted molar refractivity (Wildman–Crippen MR) is 83.5 cm³/mol. The van der Waals surface area contributed by atoms with Crippen molar-refractivity contribution in [3.63, 3.8) is 0 Å². The van der Waals surface area contributed by atoms with Gasteiger partial charge in [-0.25, -0.2) is 0 Å². The molecule has 0 aliphatic rings. The number of carbonyl (C=O) groups excluding carboxylic acids is 1. The first-order chi connectivity index (χ1) is 9.68. The number of hydrogen-bond acceptors (Lipinski definition) is 3. The van der Waals surface area contributed by atoms with Gasteiger partial charge in [0.2, 0.25) is 5.91 Å². The molecule has 1 amide bonds. The van der Waals surface area contributed by atoms with E-state index in [0.717, 1.165) is 5.56 Å². The molecule has 1 atom stereocenters. The molecule has 1 aromatic carbocycles. The molecule has 116 valence electrons. The summed E-state index contributed by atoms with van der Waals surface area (Å²) in [6.45, 7) is 5.75. The predicted octanol–water partition coefficient (Wildman–Crippen LogP) is 2.54. The first-order valence-corrected chi connectivity index (χ1v) is 7.99. The van der Waals surface area contributed by atoms with E-state index in [1.54, 1.807) is 18.2 Å². The molecule has 1 rings (SSSR count). The fraction of sp³-hybridized carbons (Fsp3) is 0.467. The number of amides is 1. The third-order valence-electron chi connectivity index (χ3n) is 2.76. The van der Waals surface area contributed by atoms with Gasteiger partial charge < -0.3 is 10.4 Å². The Labute approximate surface area is 127 Å². The summed E-state index contributed by atoms with van der Waals surface area (Å²) < 4.78 is 11.8. The van der Waals surface area contributed by atoms with Crippen molar-refractivity contribution < 1.29 is 18.9 Å². The van der Waals surface area contributed by atoms with Crippen LogP contribution in [-0.4, -0.2) is 25.9 Å². The molecule has 0 fully saturated rings. The SMILES string of the molecule is CC(C)(C)S(=O)Cc1cccc(NC(=O)CCC(=O)O)c1. The number of carboxylic acid groups (broad SMARTS) is 1. The van der Waals surface area contributed by atoms with Crippen LogP contribution in [0.2, 0.25) is 0 Å². The van der Waals surface area contributed by atoms with E-state index in [-0.39, 0.29) is 23.5 Å². The molecule has 21 heavy (non-hydrogen) atoms. The van der Waals surface area contributed by atoms with Crippen LogP contribution in [0.4, 0.5) is 5.69 Å². The van der Waals surface area contributed by atoms with Gasteiger partial charge in [0, 0.05) is 33.4 Å². The molecule has 0 saturated carbocycles. The highest BCUT2D eigenvalue weighted by atomic mass is 32.2. The Balaban J connectivity index is 2.66. The third-order valence-corrected chi connectivity index (χ3v) is 4.72. The van der Waals surface area contributed by atoms with Gasteiger partial charge in [0.25, 0.3) is 0 Å². The number of carbonyl (C=O) groups is 2. The van der Waals surface area contributed by atoms with Gasteiger partial charge in [-0.2, -0.15) is 0 Å². The number of rotatable bonds is 6. The maximum Gasteiger partial charge on any atom is 0.303 e. The first-order valence-electron chi connectivity index (χ1n) is 6.67. The Bertz CT molecular complexity index is 549. The van der Waals surface area contributed by atoms with Gasteiger partial charge >= 0.3 is 5.97 Å². The second-order valence-corrected chi connectivity index (χ2v) is 7.95. The summed E-state index contributed by atoms with van der Waals surface area (Å²) in [7, 11) is -1.01. The van der Waals surface area contributed by atoms with Crippen LogP contribution in [0, 0.1) is 0 Å². The number of benzene rings is 1. The van der Waals surface area contributed by atoms with Crippen molar-refractivity contribution in [2.45, 2.75) is 44.1 Å². The van der Waals surface area contributed by atoms with E-state index in [1.165, 1.54) is 0 Å². The number of nitrogens with one attached hydrogen (secondary N) is 1. The van der Waals surface area contributed by atoms with E-state index in [4.69, 9.17) is 5.11 Å². The molecule has 0 aliphatic heterocycles. The lowest BCUT2D eigenvalue weighted by molar-refractivity contribution is -0.138. The summed E-state index contributed by atoms with van der Waals surface area (Å²) in [6, 6.07) is 7.13. The van der Waals surface area contributed by atoms with E-state index in [9.17, 15) is 13.8 Å². The Morgan fingerprint density at radius 2 is 1.90 bits per heavy atom. The Morgan fingerprint density at radius 1 is 1.24 bits per heavy atom. The Hall–Kier alpha value is -1.69. The summed E-state index contributed by atoms with van der Waals surface area (Å²) in [5.41, 5.74) is 1.47. The van der Waals surface area contributed by atoms with Crippen LogP contribution in [0.1, 0.15) is 39.2 Å². The summed E-state index contributed by atoms with van der Waals surface area (Å²) in [5.74, 6) is -0.923. The average molecular weight is 311 g/mol. The monoisotopic (exact) mass is 311 g/mol. The van der Waals surface area contributed by atoms with E-state index >= 15 is 0 Å². The maximum atomic E-state index is 12.1. The molecule has 0 spiro atoms. The Morgan fingerprint density at radius 3 is 2.48 bits per heavy atom. The summed E-state index contributed by atoms with van der Waals surface area (Å²) >= 11 is 0. The molecule has 0 radical (unpaired) electrons. The van der Waals surface area contributed by atoms with Crippen molar-refractivity contribution in [1.29, 1.82) is 0 Å². The summed E-state index contributed by atoms with van der Waals surface area (Å²) in [5, 5.41) is 11.2. The molecular formula is C15H21NO4S. The highest BCUT2D eigenvalue weighted by Gasteiger charge is 2.19. The van der Waals surface area contributed by atoms with Gasteiger partial charge in [0.15, 0.2) is 0 Å². The average Bonchev–Trinajstić information content (AvgIpc) is 2.35. The second-order valence-electron chi connectivity index (χ2n) is 5.74. The molecule has 1 aromatic rings. The maximum absolute atomic E-state index is 12.1. The first kappa shape index (κ1) is 17.4. The number of carboxylic acids is 1. The van der Waals surface area contributed by atoms with Crippen molar-refractivity contribution in [2.75, 3.05) is 5.32 Å². The minimum Gasteiger partial charge on any atom is -0.481 e. The number of aliphatic carboxylic acids is 1. The minimum atomic E-state index is -1.01. The molecule has 0 saturated heterocycles. The van der Waals surface area contributed by atoms with Gasteiger partial charge in [0.1, 0.15) is 0 Å². The third kappa shape index (κ3) is 6.53. The molecule has 0 aliphatic carbocycles. The molecule has 0 heterocycles. The van der Waals surface area contributed by atoms with Gasteiger partial charge in [-0.15, -0.1) is 0 Å². The highest BCUT2D eigenvalue weighted by molar-refractivity contribution is 7.85. The molecule has 2 N–H and O–H groups in total. The van der Waals surface area contributed by atoms with E-state index in [1.807, 2.05) is 26.8 Å². The normalized spacial score (nSPS) is 12.7. The van der Waals surface area contributed by atoms with Gasteiger partial charge in [-0.1, -0.05) is 12.1 Å². The molecule has 5 nitrogen and oxygen atoms in total. The van der Waals surface area contributed by atoms with Crippen LogP contribution in [0.25, 0.3) is 0 Å². The smallest absolute Gasteiger partial charge is 0.303 e. The van der Waals surface area contributed by atoms with Crippen LogP contribution in [0.3, 0.4) is 0 Å². The highest BCUT2D eigenvalue weighted by Crippen LogP contribution is 2.18. The van der Waals surface area contributed by atoms with Crippen LogP contribution in [0.5, 0.6) is 0 Å². The number of hydrogen-bond donors (Lipinski definition) is 2. The molecule has 6 heteroatoms. The van der Waals surface area contributed by atoms with Gasteiger partial charge in [-0.05, 0) is 38.5 Å². The van der Waals surface area contributed by atoms with E-state index in [0.29, 0.717) is 11.4 Å². The molecule has 0 bridgehead atoms. The quantitative estimate of drug-likeness (QED) is 0.845. The lowest BCUT2D eigenvalue weighted by Crippen LogP contribution is -2.23. The van der Waals surface area contributed by atoms with Crippen LogP contribution >= 0.6 is 0 Å². The fourth-order valence-corrected chi connectivity index (χ4v) is 2.47. The molecule has 0 aromatic heterocycles. The Kier molecular flexibility index (Phi) is 6.08. The minimum absolute atomic E-state index is 0.0620. The van der Waals surface area contributed by atoms with E-state index in [2.05, 4.69) is 5.32 Å². The van der Waals surface area contributed by atoms with E-state index < -0.39 is 16.8 Å². The van der Waals surface area contributed by atoms with Crippen LogP contribution in [-0.2, 0) is 26.1 Å². The zero-order valence-corrected chi connectivity index (χ0v) is 13.3. The summed E-state index contributed by atoms with van der Waals surface area (Å²) in [6.07, 6.45) is -0.257. The van der Waals surface area contributed by atoms with Gasteiger partial charge in [0.05, 0.1) is 6.42 Å². The number of anilines is 1. The van der Waals surface area contributed by atoms with Crippen molar-refractivity contribution in [3.8, 4) is 0 Å². The zero-order valence-electron chi connectivity index (χ0n) is 12.5. The topological polar surface area (TPSA) is 83.5 Å². The summed E-state index contributed by atoms with van der Waals surface area (Å²) in [4.78, 5) is 22.0. The molecule has 1 unspecified atom stereocenters. The largest absolute Gasteiger partial charge is 0.481 e. The fourth-order valence-electron chi connectivity index (χ4n) is 1.55. The molecular weight excluding hydrogens is 290 g/mol. The van der Waals surface area contributed by atoms with Crippen molar-refractivity contribution in [2.24, 2.45) is 0 Å². The lowest BCUT2D eigenvalue weighted by atomic mass is 10.2. The van der Waals surface area contributed by atoms with Crippen molar-refractivity contribution in [3.05, 3.63) is 29.8 Å². The standard InChI is InChI=1S/C15H21NO4S/c1-15(2,3)21(20)10-11-5-4-6-12(9-11)16-13(17)7-8-14(18)19/h4-6,9H,7-8,10H2,1-3H3,(H,16,17)(H,18,19).